The zero-order chi connectivity index (χ0) is 21.7. The van der Waals surface area contributed by atoms with Crippen LogP contribution in [-0.4, -0.2) is 35.9 Å². The molecule has 31 heavy (non-hydrogen) atoms. The molecule has 1 atom stereocenters. The van der Waals surface area contributed by atoms with Gasteiger partial charge in [-0.15, -0.1) is 0 Å². The van der Waals surface area contributed by atoms with Crippen molar-refractivity contribution >= 4 is 11.0 Å². The SMILES string of the molecule is Cc1nc2[nH]nc(C)c2c(-c2c(-c3ccc(F)cn3)nn3c2CC2(C3)CC2(F)F)c1F. The summed E-state index contributed by atoms with van der Waals surface area (Å²) in [5.41, 5.74) is 1.65. The number of rotatable bonds is 2. The molecule has 10 heteroatoms. The molecular weight excluding hydrogens is 412 g/mol. The molecule has 4 aromatic heterocycles. The van der Waals surface area contributed by atoms with E-state index in [0.717, 1.165) is 6.20 Å². The third-order valence-electron chi connectivity index (χ3n) is 6.44. The molecule has 2 aliphatic rings. The number of pyridine rings is 2. The van der Waals surface area contributed by atoms with E-state index in [-0.39, 0.29) is 30.6 Å². The number of alkyl halides is 2. The largest absolute Gasteiger partial charge is 0.267 e. The fourth-order valence-corrected chi connectivity index (χ4v) is 4.71. The Kier molecular flexibility index (Phi) is 3.39. The maximum Gasteiger partial charge on any atom is 0.256 e. The van der Waals surface area contributed by atoms with Gasteiger partial charge in [-0.3, -0.25) is 14.8 Å². The summed E-state index contributed by atoms with van der Waals surface area (Å²) in [4.78, 5) is 8.34. The summed E-state index contributed by atoms with van der Waals surface area (Å²) < 4.78 is 58.9. The lowest BCUT2D eigenvalue weighted by molar-refractivity contribution is 0.0630. The topological polar surface area (TPSA) is 72.3 Å². The first-order chi connectivity index (χ1) is 14.7. The molecule has 6 rings (SSSR count). The van der Waals surface area contributed by atoms with Crippen molar-refractivity contribution in [1.82, 2.24) is 29.9 Å². The molecule has 1 spiro atoms. The maximum absolute atomic E-state index is 15.6. The van der Waals surface area contributed by atoms with Crippen LogP contribution in [0.15, 0.2) is 18.3 Å². The number of hydrogen-bond acceptors (Lipinski definition) is 4. The van der Waals surface area contributed by atoms with Crippen molar-refractivity contribution in [1.29, 1.82) is 0 Å². The van der Waals surface area contributed by atoms with Gasteiger partial charge < -0.3 is 0 Å². The van der Waals surface area contributed by atoms with Crippen LogP contribution in [-0.2, 0) is 13.0 Å². The van der Waals surface area contributed by atoms with E-state index in [1.807, 2.05) is 0 Å². The van der Waals surface area contributed by atoms with E-state index in [4.69, 9.17) is 0 Å². The van der Waals surface area contributed by atoms with Crippen LogP contribution in [0.5, 0.6) is 0 Å². The van der Waals surface area contributed by atoms with Gasteiger partial charge in [-0.25, -0.2) is 22.5 Å². The lowest BCUT2D eigenvalue weighted by Crippen LogP contribution is -2.13. The van der Waals surface area contributed by atoms with Gasteiger partial charge in [-0.05, 0) is 26.0 Å². The monoisotopic (exact) mass is 428 g/mol. The second kappa shape index (κ2) is 5.68. The van der Waals surface area contributed by atoms with Crippen molar-refractivity contribution in [2.45, 2.75) is 39.2 Å². The number of fused-ring (bicyclic) bond motifs is 2. The van der Waals surface area contributed by atoms with Gasteiger partial charge in [-0.2, -0.15) is 10.2 Å². The molecule has 158 valence electrons. The normalized spacial score (nSPS) is 21.2. The van der Waals surface area contributed by atoms with Crippen molar-refractivity contribution in [2.24, 2.45) is 5.41 Å². The molecule has 1 fully saturated rings. The van der Waals surface area contributed by atoms with Crippen molar-refractivity contribution in [3.8, 4) is 22.5 Å². The van der Waals surface area contributed by atoms with Crippen LogP contribution >= 0.6 is 0 Å². The van der Waals surface area contributed by atoms with E-state index in [2.05, 4.69) is 25.3 Å². The number of H-pyrrole nitrogens is 1. The summed E-state index contributed by atoms with van der Waals surface area (Å²) in [5.74, 6) is -3.86. The molecule has 0 saturated heterocycles. The summed E-state index contributed by atoms with van der Waals surface area (Å²) in [6.07, 6.45) is 0.903. The van der Waals surface area contributed by atoms with Gasteiger partial charge in [0.05, 0.1) is 40.6 Å². The van der Waals surface area contributed by atoms with E-state index < -0.39 is 23.0 Å². The molecule has 1 N–H and O–H groups in total. The lowest BCUT2D eigenvalue weighted by atomic mass is 9.93. The number of aryl methyl sites for hydroxylation is 2. The van der Waals surface area contributed by atoms with E-state index in [1.54, 1.807) is 6.92 Å². The Morgan fingerprint density at radius 2 is 1.87 bits per heavy atom. The number of halogens is 4. The molecule has 1 aliphatic carbocycles. The Labute approximate surface area is 173 Å². The van der Waals surface area contributed by atoms with Gasteiger partial charge in [0, 0.05) is 29.7 Å². The predicted octanol–water partition coefficient (Wildman–Crippen LogP) is 4.36. The number of hydrogen-bond donors (Lipinski definition) is 1. The van der Waals surface area contributed by atoms with Gasteiger partial charge >= 0.3 is 0 Å². The van der Waals surface area contributed by atoms with Crippen LogP contribution in [0.25, 0.3) is 33.5 Å². The Balaban J connectivity index is 1.67. The predicted molar refractivity (Wildman–Crippen MR) is 103 cm³/mol. The fourth-order valence-electron chi connectivity index (χ4n) is 4.71. The van der Waals surface area contributed by atoms with Crippen molar-refractivity contribution in [3.63, 3.8) is 0 Å². The maximum atomic E-state index is 15.6. The number of nitrogens with one attached hydrogen (secondary N) is 1. The average Bonchev–Trinajstić information content (AvgIpc) is 3.07. The number of aromatic amines is 1. The molecule has 1 saturated carbocycles. The van der Waals surface area contributed by atoms with Crippen molar-refractivity contribution in [3.05, 3.63) is 47.0 Å². The molecule has 0 radical (unpaired) electrons. The highest BCUT2D eigenvalue weighted by Crippen LogP contribution is 2.66. The first-order valence-corrected chi connectivity index (χ1v) is 9.81. The minimum absolute atomic E-state index is 0.0444. The van der Waals surface area contributed by atoms with Crippen molar-refractivity contribution in [2.75, 3.05) is 0 Å². The van der Waals surface area contributed by atoms with Gasteiger partial charge in [0.2, 0.25) is 0 Å². The van der Waals surface area contributed by atoms with Gasteiger partial charge in [-0.1, -0.05) is 0 Å². The second-order valence-electron chi connectivity index (χ2n) is 8.45. The van der Waals surface area contributed by atoms with Crippen LogP contribution in [0.2, 0.25) is 0 Å². The first-order valence-electron chi connectivity index (χ1n) is 9.81. The van der Waals surface area contributed by atoms with Crippen LogP contribution in [0.3, 0.4) is 0 Å². The fraction of sp³-hybridized carbons (Fsp3) is 0.333. The summed E-state index contributed by atoms with van der Waals surface area (Å²) in [6, 6.07) is 2.68. The second-order valence-corrected chi connectivity index (χ2v) is 8.45. The van der Waals surface area contributed by atoms with Gasteiger partial charge in [0.15, 0.2) is 11.5 Å². The number of aromatic nitrogens is 6. The Morgan fingerprint density at radius 1 is 1.10 bits per heavy atom. The van der Waals surface area contributed by atoms with Crippen LogP contribution in [0.4, 0.5) is 17.6 Å². The van der Waals surface area contributed by atoms with E-state index >= 15 is 4.39 Å². The lowest BCUT2D eigenvalue weighted by Gasteiger charge is -2.12. The molecular formula is C21H16F4N6. The van der Waals surface area contributed by atoms with E-state index in [1.165, 1.54) is 23.7 Å². The molecule has 4 aromatic rings. The molecule has 5 heterocycles. The summed E-state index contributed by atoms with van der Waals surface area (Å²) in [7, 11) is 0. The molecule has 6 nitrogen and oxygen atoms in total. The highest BCUT2D eigenvalue weighted by Gasteiger charge is 2.73. The van der Waals surface area contributed by atoms with E-state index in [9.17, 15) is 13.2 Å². The van der Waals surface area contributed by atoms with Crippen molar-refractivity contribution < 1.29 is 17.6 Å². The molecule has 1 unspecified atom stereocenters. The van der Waals surface area contributed by atoms with E-state index in [0.29, 0.717) is 39.4 Å². The summed E-state index contributed by atoms with van der Waals surface area (Å²) in [6.45, 7) is 3.29. The van der Waals surface area contributed by atoms with Crippen LogP contribution < -0.4 is 0 Å². The van der Waals surface area contributed by atoms with Crippen LogP contribution in [0.1, 0.15) is 23.5 Å². The molecule has 0 bridgehead atoms. The van der Waals surface area contributed by atoms with Gasteiger partial charge in [0.1, 0.15) is 11.5 Å². The zero-order valence-corrected chi connectivity index (χ0v) is 16.6. The van der Waals surface area contributed by atoms with Gasteiger partial charge in [0.25, 0.3) is 5.92 Å². The molecule has 1 aliphatic heterocycles. The Hall–Kier alpha value is -3.30. The third kappa shape index (κ3) is 2.38. The first kappa shape index (κ1) is 18.5. The summed E-state index contributed by atoms with van der Waals surface area (Å²) in [5, 5.41) is 12.0. The zero-order valence-electron chi connectivity index (χ0n) is 16.6. The molecule has 0 aromatic carbocycles. The molecule has 0 amide bonds. The minimum Gasteiger partial charge on any atom is -0.267 e. The smallest absolute Gasteiger partial charge is 0.256 e. The Bertz CT molecular complexity index is 1390. The Morgan fingerprint density at radius 3 is 2.55 bits per heavy atom. The quantitative estimate of drug-likeness (QED) is 0.482. The standard InChI is InChI=1S/C21H16F4N6/c1-9-14-16(17(23)10(2)27-19(14)29-28-9)15-13-5-20(7-21(20,24)25)8-31(13)30-18(15)12-4-3-11(22)6-26-12/h3-4,6H,5,7-8H2,1-2H3,(H,27,28,29). The summed E-state index contributed by atoms with van der Waals surface area (Å²) >= 11 is 0. The highest BCUT2D eigenvalue weighted by molar-refractivity contribution is 5.99. The minimum atomic E-state index is -2.77. The number of nitrogens with zero attached hydrogens (tertiary/aromatic N) is 5. The average molecular weight is 428 g/mol. The highest BCUT2D eigenvalue weighted by atomic mass is 19.3. The third-order valence-corrected chi connectivity index (χ3v) is 6.44. The van der Waals surface area contributed by atoms with Crippen LogP contribution in [0, 0.1) is 30.9 Å².